The van der Waals surface area contributed by atoms with Crippen LogP contribution in [0.15, 0.2) is 18.2 Å². The number of aryl methyl sites for hydroxylation is 1. The Kier molecular flexibility index (Phi) is 2.65. The zero-order valence-electron chi connectivity index (χ0n) is 10.3. The Balaban J connectivity index is 1.74. The predicted octanol–water partition coefficient (Wildman–Crippen LogP) is 2.25. The molecule has 1 aliphatic carbocycles. The molecule has 96 valence electrons. The van der Waals surface area contributed by atoms with Gasteiger partial charge in [0.1, 0.15) is 5.60 Å². The van der Waals surface area contributed by atoms with Crippen LogP contribution in [0.3, 0.4) is 0 Å². The van der Waals surface area contributed by atoms with Crippen molar-refractivity contribution in [3.63, 3.8) is 0 Å². The average Bonchev–Trinajstić information content (AvgIpc) is 3.12. The van der Waals surface area contributed by atoms with Crippen molar-refractivity contribution in [2.75, 3.05) is 13.1 Å². The topological polar surface area (TPSA) is 40.5 Å². The molecule has 3 nitrogen and oxygen atoms in total. The number of hydrogen-bond acceptors (Lipinski definition) is 2. The molecule has 3 rings (SSSR count). The molecule has 2 fully saturated rings. The lowest BCUT2D eigenvalue weighted by atomic mass is 9.88. The maximum Gasteiger partial charge on any atom is 0.255 e. The Morgan fingerprint density at radius 3 is 2.72 bits per heavy atom. The largest absolute Gasteiger partial charge is 0.386 e. The molecule has 1 aromatic rings. The number of benzene rings is 1. The number of halogens is 1. The molecule has 1 saturated heterocycles. The van der Waals surface area contributed by atoms with Crippen LogP contribution in [-0.2, 0) is 0 Å². The van der Waals surface area contributed by atoms with E-state index in [1.54, 1.807) is 11.0 Å². The van der Waals surface area contributed by atoms with Gasteiger partial charge in [0.25, 0.3) is 5.91 Å². The van der Waals surface area contributed by atoms with Crippen molar-refractivity contribution >= 4 is 17.5 Å². The second kappa shape index (κ2) is 3.97. The highest BCUT2D eigenvalue weighted by Gasteiger charge is 2.53. The molecule has 0 aromatic heterocycles. The first-order valence-electron chi connectivity index (χ1n) is 6.28. The summed E-state index contributed by atoms with van der Waals surface area (Å²) >= 11 is 6.15. The maximum absolute atomic E-state index is 12.3. The number of β-amino-alcohol motifs (C(OH)–C–C–N with tert-alkyl or cyclic N) is 1. The summed E-state index contributed by atoms with van der Waals surface area (Å²) in [7, 11) is 0. The van der Waals surface area contributed by atoms with Gasteiger partial charge in [-0.25, -0.2) is 0 Å². The van der Waals surface area contributed by atoms with Crippen molar-refractivity contribution in [2.24, 2.45) is 5.92 Å². The van der Waals surface area contributed by atoms with Crippen LogP contribution in [0, 0.1) is 12.8 Å². The normalized spacial score (nSPS) is 21.6. The first kappa shape index (κ1) is 12.0. The number of carbonyl (C=O) groups excluding carboxylic acids is 1. The van der Waals surface area contributed by atoms with Gasteiger partial charge in [0.15, 0.2) is 0 Å². The van der Waals surface area contributed by atoms with E-state index in [9.17, 15) is 9.90 Å². The van der Waals surface area contributed by atoms with Crippen LogP contribution in [0.5, 0.6) is 0 Å². The third-order valence-electron chi connectivity index (χ3n) is 3.98. The fourth-order valence-electron chi connectivity index (χ4n) is 2.62. The molecular weight excluding hydrogens is 250 g/mol. The molecule has 0 spiro atoms. The van der Waals surface area contributed by atoms with E-state index in [2.05, 4.69) is 0 Å². The second-order valence-corrected chi connectivity index (χ2v) is 5.85. The van der Waals surface area contributed by atoms with Crippen molar-refractivity contribution < 1.29 is 9.90 Å². The first-order chi connectivity index (χ1) is 8.51. The Morgan fingerprint density at radius 1 is 1.44 bits per heavy atom. The lowest BCUT2D eigenvalue weighted by Gasteiger charge is -2.47. The zero-order chi connectivity index (χ0) is 12.9. The van der Waals surface area contributed by atoms with Gasteiger partial charge in [-0.3, -0.25) is 4.79 Å². The Morgan fingerprint density at radius 2 is 2.11 bits per heavy atom. The molecule has 2 aliphatic rings. The van der Waals surface area contributed by atoms with E-state index in [0.29, 0.717) is 29.6 Å². The van der Waals surface area contributed by atoms with E-state index < -0.39 is 5.60 Å². The fourth-order valence-corrected chi connectivity index (χ4v) is 2.83. The summed E-state index contributed by atoms with van der Waals surface area (Å²) in [5, 5.41) is 10.7. The van der Waals surface area contributed by atoms with Crippen LogP contribution in [0.1, 0.15) is 28.8 Å². The number of nitrogens with zero attached hydrogens (tertiary/aromatic N) is 1. The van der Waals surface area contributed by atoms with Crippen molar-refractivity contribution in [2.45, 2.75) is 25.4 Å². The SMILES string of the molecule is Cc1cccc(C(=O)N2CC(O)(C3CC3)C2)c1Cl. The molecular formula is C14H16ClNO2. The third-order valence-corrected chi connectivity index (χ3v) is 4.48. The second-order valence-electron chi connectivity index (χ2n) is 5.48. The molecule has 18 heavy (non-hydrogen) atoms. The van der Waals surface area contributed by atoms with Crippen molar-refractivity contribution in [3.8, 4) is 0 Å². The van der Waals surface area contributed by atoms with Gasteiger partial charge in [-0.2, -0.15) is 0 Å². The number of amides is 1. The Labute approximate surface area is 111 Å². The molecule has 1 aliphatic heterocycles. The monoisotopic (exact) mass is 265 g/mol. The smallest absolute Gasteiger partial charge is 0.255 e. The van der Waals surface area contributed by atoms with E-state index >= 15 is 0 Å². The molecule has 0 radical (unpaired) electrons. The van der Waals surface area contributed by atoms with E-state index in [4.69, 9.17) is 11.6 Å². The van der Waals surface area contributed by atoms with Crippen LogP contribution in [0.25, 0.3) is 0 Å². The highest BCUT2D eigenvalue weighted by molar-refractivity contribution is 6.34. The van der Waals surface area contributed by atoms with Crippen LogP contribution in [0.4, 0.5) is 0 Å². The summed E-state index contributed by atoms with van der Waals surface area (Å²) in [6.45, 7) is 2.78. The van der Waals surface area contributed by atoms with Crippen LogP contribution in [0.2, 0.25) is 5.02 Å². The maximum atomic E-state index is 12.3. The van der Waals surface area contributed by atoms with Crippen molar-refractivity contribution in [1.29, 1.82) is 0 Å². The first-order valence-corrected chi connectivity index (χ1v) is 6.66. The Hall–Kier alpha value is -1.06. The van der Waals surface area contributed by atoms with E-state index in [0.717, 1.165) is 18.4 Å². The molecule has 1 heterocycles. The van der Waals surface area contributed by atoms with Gasteiger partial charge < -0.3 is 10.0 Å². The number of carbonyl (C=O) groups is 1. The highest BCUT2D eigenvalue weighted by Crippen LogP contribution is 2.45. The summed E-state index contributed by atoms with van der Waals surface area (Å²) in [5.41, 5.74) is 0.807. The van der Waals surface area contributed by atoms with Gasteiger partial charge in [-0.15, -0.1) is 0 Å². The lowest BCUT2D eigenvalue weighted by Crippen LogP contribution is -2.64. The summed E-state index contributed by atoms with van der Waals surface area (Å²) < 4.78 is 0. The fraction of sp³-hybridized carbons (Fsp3) is 0.500. The van der Waals surface area contributed by atoms with Gasteiger partial charge in [-0.1, -0.05) is 23.7 Å². The molecule has 0 atom stereocenters. The summed E-state index contributed by atoms with van der Waals surface area (Å²) in [6, 6.07) is 5.46. The molecule has 1 saturated carbocycles. The predicted molar refractivity (Wildman–Crippen MR) is 69.8 cm³/mol. The minimum atomic E-state index is -0.633. The van der Waals surface area contributed by atoms with Gasteiger partial charge in [0.05, 0.1) is 23.7 Å². The molecule has 0 unspecified atom stereocenters. The van der Waals surface area contributed by atoms with E-state index in [1.807, 2.05) is 19.1 Å². The van der Waals surface area contributed by atoms with Crippen molar-refractivity contribution in [3.05, 3.63) is 34.3 Å². The molecule has 4 heteroatoms. The average molecular weight is 266 g/mol. The molecule has 1 aromatic carbocycles. The number of likely N-dealkylation sites (tertiary alicyclic amines) is 1. The third kappa shape index (κ3) is 1.82. The van der Waals surface area contributed by atoms with Crippen LogP contribution in [-0.4, -0.2) is 34.6 Å². The number of rotatable bonds is 2. The quantitative estimate of drug-likeness (QED) is 0.891. The van der Waals surface area contributed by atoms with Crippen molar-refractivity contribution in [1.82, 2.24) is 4.90 Å². The summed E-state index contributed by atoms with van der Waals surface area (Å²) in [6.07, 6.45) is 2.17. The number of hydrogen-bond donors (Lipinski definition) is 1. The van der Waals surface area contributed by atoms with Crippen LogP contribution < -0.4 is 0 Å². The Bertz CT molecular complexity index is 505. The van der Waals surface area contributed by atoms with Crippen LogP contribution >= 0.6 is 11.6 Å². The summed E-state index contributed by atoms with van der Waals surface area (Å²) in [4.78, 5) is 13.9. The standard InChI is InChI=1S/C14H16ClNO2/c1-9-3-2-4-11(12(9)15)13(17)16-7-14(18,8-16)10-5-6-10/h2-4,10,18H,5-8H2,1H3. The van der Waals surface area contributed by atoms with Gasteiger partial charge in [-0.05, 0) is 37.3 Å². The number of aliphatic hydroxyl groups is 1. The molecule has 1 N–H and O–H groups in total. The minimum absolute atomic E-state index is 0.0750. The van der Waals surface area contributed by atoms with Gasteiger partial charge in [0.2, 0.25) is 0 Å². The molecule has 0 bridgehead atoms. The van der Waals surface area contributed by atoms with Gasteiger partial charge in [0, 0.05) is 0 Å². The lowest BCUT2D eigenvalue weighted by molar-refractivity contribution is -0.0958. The minimum Gasteiger partial charge on any atom is -0.386 e. The summed E-state index contributed by atoms with van der Waals surface area (Å²) in [5.74, 6) is 0.323. The van der Waals surface area contributed by atoms with Gasteiger partial charge >= 0.3 is 0 Å². The molecule has 1 amide bonds. The zero-order valence-corrected chi connectivity index (χ0v) is 11.1. The highest BCUT2D eigenvalue weighted by atomic mass is 35.5. The van der Waals surface area contributed by atoms with E-state index in [1.165, 1.54) is 0 Å². The van der Waals surface area contributed by atoms with E-state index in [-0.39, 0.29) is 5.91 Å².